The van der Waals surface area contributed by atoms with Gasteiger partial charge in [0, 0.05) is 23.2 Å². The van der Waals surface area contributed by atoms with Gasteiger partial charge >= 0.3 is 0 Å². The quantitative estimate of drug-likeness (QED) is 0.900. The SMILES string of the molecule is NC1CCN(CCc2c(F)cccc2Cl)CC1. The van der Waals surface area contributed by atoms with Crippen LogP contribution in [0, 0.1) is 5.82 Å². The lowest BCUT2D eigenvalue weighted by molar-refractivity contribution is 0.215. The maximum atomic E-state index is 13.5. The van der Waals surface area contributed by atoms with E-state index in [1.807, 2.05) is 0 Å². The molecule has 17 heavy (non-hydrogen) atoms. The highest BCUT2D eigenvalue weighted by Gasteiger charge is 2.16. The minimum Gasteiger partial charge on any atom is -0.328 e. The number of likely N-dealkylation sites (tertiary alicyclic amines) is 1. The first-order valence-corrected chi connectivity index (χ1v) is 6.45. The Labute approximate surface area is 107 Å². The van der Waals surface area contributed by atoms with E-state index >= 15 is 0 Å². The number of halogens is 2. The number of nitrogens with zero attached hydrogens (tertiary/aromatic N) is 1. The smallest absolute Gasteiger partial charge is 0.127 e. The summed E-state index contributed by atoms with van der Waals surface area (Å²) in [5.74, 6) is -0.203. The fourth-order valence-corrected chi connectivity index (χ4v) is 2.48. The third-order valence-electron chi connectivity index (χ3n) is 3.37. The van der Waals surface area contributed by atoms with Crippen LogP contribution < -0.4 is 5.73 Å². The average Bonchev–Trinajstić information content (AvgIpc) is 2.31. The van der Waals surface area contributed by atoms with Gasteiger partial charge in [0.2, 0.25) is 0 Å². The molecule has 94 valence electrons. The van der Waals surface area contributed by atoms with E-state index in [2.05, 4.69) is 4.90 Å². The van der Waals surface area contributed by atoms with Crippen LogP contribution in [0.3, 0.4) is 0 Å². The molecule has 0 radical (unpaired) electrons. The first kappa shape index (κ1) is 12.8. The van der Waals surface area contributed by atoms with Gasteiger partial charge in [0.1, 0.15) is 5.82 Å². The molecule has 0 aromatic heterocycles. The van der Waals surface area contributed by atoms with Crippen molar-refractivity contribution in [2.24, 2.45) is 5.73 Å². The largest absolute Gasteiger partial charge is 0.328 e. The van der Waals surface area contributed by atoms with Crippen molar-refractivity contribution in [3.8, 4) is 0 Å². The predicted molar refractivity (Wildman–Crippen MR) is 68.8 cm³/mol. The van der Waals surface area contributed by atoms with Crippen LogP contribution >= 0.6 is 11.6 Å². The fourth-order valence-electron chi connectivity index (χ4n) is 2.22. The second-order valence-corrected chi connectivity index (χ2v) is 5.04. The minimum absolute atomic E-state index is 0.203. The summed E-state index contributed by atoms with van der Waals surface area (Å²) in [6.45, 7) is 2.87. The molecule has 0 atom stereocenters. The monoisotopic (exact) mass is 256 g/mol. The van der Waals surface area contributed by atoms with Gasteiger partial charge in [-0.25, -0.2) is 4.39 Å². The van der Waals surface area contributed by atoms with Gasteiger partial charge in [-0.3, -0.25) is 0 Å². The van der Waals surface area contributed by atoms with Crippen LogP contribution in [0.4, 0.5) is 4.39 Å². The van der Waals surface area contributed by atoms with E-state index < -0.39 is 0 Å². The third kappa shape index (κ3) is 3.41. The molecule has 2 N–H and O–H groups in total. The average molecular weight is 257 g/mol. The Balaban J connectivity index is 1.89. The van der Waals surface area contributed by atoms with Crippen molar-refractivity contribution in [2.75, 3.05) is 19.6 Å². The molecular weight excluding hydrogens is 239 g/mol. The predicted octanol–water partition coefficient (Wildman–Crippen LogP) is 2.44. The molecule has 4 heteroatoms. The zero-order valence-electron chi connectivity index (χ0n) is 9.83. The summed E-state index contributed by atoms with van der Waals surface area (Å²) in [5, 5.41) is 0.527. The summed E-state index contributed by atoms with van der Waals surface area (Å²) in [7, 11) is 0. The van der Waals surface area contributed by atoms with E-state index in [1.54, 1.807) is 12.1 Å². The standard InChI is InChI=1S/C13H18ClFN2/c14-12-2-1-3-13(15)11(12)6-9-17-7-4-10(16)5-8-17/h1-3,10H,4-9,16H2. The van der Waals surface area contributed by atoms with Crippen molar-refractivity contribution in [3.05, 3.63) is 34.6 Å². The van der Waals surface area contributed by atoms with Crippen LogP contribution in [0.15, 0.2) is 18.2 Å². The van der Waals surface area contributed by atoms with Gasteiger partial charge in [-0.1, -0.05) is 17.7 Å². The molecule has 1 aliphatic rings. The van der Waals surface area contributed by atoms with Crippen LogP contribution in [0.5, 0.6) is 0 Å². The van der Waals surface area contributed by atoms with Crippen molar-refractivity contribution in [1.29, 1.82) is 0 Å². The van der Waals surface area contributed by atoms with Crippen molar-refractivity contribution in [1.82, 2.24) is 4.90 Å². The Kier molecular flexibility index (Phi) is 4.37. The molecule has 0 amide bonds. The molecule has 1 aromatic rings. The molecular formula is C13H18ClFN2. The van der Waals surface area contributed by atoms with Crippen molar-refractivity contribution in [3.63, 3.8) is 0 Å². The Hall–Kier alpha value is -0.640. The molecule has 1 aromatic carbocycles. The Morgan fingerprint density at radius 1 is 1.35 bits per heavy atom. The molecule has 1 aliphatic heterocycles. The van der Waals surface area contributed by atoms with Gasteiger partial charge in [0.05, 0.1) is 0 Å². The number of hydrogen-bond donors (Lipinski definition) is 1. The second-order valence-electron chi connectivity index (χ2n) is 4.63. The number of nitrogens with two attached hydrogens (primary N) is 1. The number of rotatable bonds is 3. The van der Waals surface area contributed by atoms with Gasteiger partial charge in [-0.2, -0.15) is 0 Å². The number of piperidine rings is 1. The van der Waals surface area contributed by atoms with Gasteiger partial charge in [-0.15, -0.1) is 0 Å². The number of hydrogen-bond acceptors (Lipinski definition) is 2. The van der Waals surface area contributed by atoms with Crippen molar-refractivity contribution >= 4 is 11.6 Å². The summed E-state index contributed by atoms with van der Waals surface area (Å²) in [5.41, 5.74) is 6.47. The number of benzene rings is 1. The Bertz CT molecular complexity index is 355. The lowest BCUT2D eigenvalue weighted by Gasteiger charge is -2.30. The molecule has 1 heterocycles. The summed E-state index contributed by atoms with van der Waals surface area (Å²) in [6.07, 6.45) is 2.73. The maximum Gasteiger partial charge on any atom is 0.127 e. The third-order valence-corrected chi connectivity index (χ3v) is 3.73. The zero-order valence-corrected chi connectivity index (χ0v) is 10.6. The van der Waals surface area contributed by atoms with Gasteiger partial charge in [0.25, 0.3) is 0 Å². The summed E-state index contributed by atoms with van der Waals surface area (Å²) in [6, 6.07) is 5.18. The molecule has 0 spiro atoms. The molecule has 0 aliphatic carbocycles. The van der Waals surface area contributed by atoms with Crippen molar-refractivity contribution < 1.29 is 4.39 Å². The molecule has 2 rings (SSSR count). The van der Waals surface area contributed by atoms with E-state index in [4.69, 9.17) is 17.3 Å². The van der Waals surface area contributed by atoms with Crippen molar-refractivity contribution in [2.45, 2.75) is 25.3 Å². The lowest BCUT2D eigenvalue weighted by Crippen LogP contribution is -2.40. The maximum absolute atomic E-state index is 13.5. The first-order chi connectivity index (χ1) is 8.16. The van der Waals surface area contributed by atoms with E-state index in [-0.39, 0.29) is 5.82 Å². The summed E-state index contributed by atoms with van der Waals surface area (Å²) in [4.78, 5) is 2.33. The van der Waals surface area contributed by atoms with Gasteiger partial charge < -0.3 is 10.6 Å². The van der Waals surface area contributed by atoms with E-state index in [0.717, 1.165) is 32.5 Å². The highest BCUT2D eigenvalue weighted by molar-refractivity contribution is 6.31. The van der Waals surface area contributed by atoms with Crippen LogP contribution in [0.2, 0.25) is 5.02 Å². The molecule has 2 nitrogen and oxygen atoms in total. The van der Waals surface area contributed by atoms with Gasteiger partial charge in [0.15, 0.2) is 0 Å². The van der Waals surface area contributed by atoms with E-state index in [1.165, 1.54) is 6.07 Å². The Morgan fingerprint density at radius 2 is 2.06 bits per heavy atom. The van der Waals surface area contributed by atoms with Crippen LogP contribution in [-0.4, -0.2) is 30.6 Å². The summed E-state index contributed by atoms with van der Waals surface area (Å²) >= 11 is 5.99. The van der Waals surface area contributed by atoms with E-state index in [9.17, 15) is 4.39 Å². The topological polar surface area (TPSA) is 29.3 Å². The lowest BCUT2D eigenvalue weighted by atomic mass is 10.0. The highest BCUT2D eigenvalue weighted by Crippen LogP contribution is 2.20. The fraction of sp³-hybridized carbons (Fsp3) is 0.538. The van der Waals surface area contributed by atoms with Crippen LogP contribution in [0.1, 0.15) is 18.4 Å². The van der Waals surface area contributed by atoms with Crippen LogP contribution in [-0.2, 0) is 6.42 Å². The zero-order chi connectivity index (χ0) is 12.3. The molecule has 0 bridgehead atoms. The summed E-state index contributed by atoms with van der Waals surface area (Å²) < 4.78 is 13.5. The molecule has 0 unspecified atom stereocenters. The van der Waals surface area contributed by atoms with Crippen LogP contribution in [0.25, 0.3) is 0 Å². The molecule has 0 saturated carbocycles. The molecule has 1 fully saturated rings. The molecule has 1 saturated heterocycles. The van der Waals surface area contributed by atoms with Gasteiger partial charge in [-0.05, 0) is 44.5 Å². The normalized spacial score (nSPS) is 18.5. The van der Waals surface area contributed by atoms with E-state index in [0.29, 0.717) is 23.0 Å². The minimum atomic E-state index is -0.203. The Morgan fingerprint density at radius 3 is 2.71 bits per heavy atom. The second kappa shape index (κ2) is 5.80. The highest BCUT2D eigenvalue weighted by atomic mass is 35.5. The first-order valence-electron chi connectivity index (χ1n) is 6.07.